The summed E-state index contributed by atoms with van der Waals surface area (Å²) in [4.78, 5) is 15.6. The van der Waals surface area contributed by atoms with Gasteiger partial charge in [0, 0.05) is 17.6 Å². The minimum atomic E-state index is -0.189. The molecule has 4 heteroatoms. The molecule has 20 heavy (non-hydrogen) atoms. The number of hydrogen-bond donors (Lipinski definition) is 1. The van der Waals surface area contributed by atoms with E-state index in [1.54, 1.807) is 16.2 Å². The lowest BCUT2D eigenvalue weighted by Gasteiger charge is -2.27. The molecule has 1 amide bonds. The molecular weight excluding hydrogens is 268 g/mol. The van der Waals surface area contributed by atoms with Crippen LogP contribution in [0.4, 0.5) is 5.69 Å². The zero-order valence-corrected chi connectivity index (χ0v) is 12.9. The third-order valence-corrected chi connectivity index (χ3v) is 4.71. The Morgan fingerprint density at radius 2 is 2.00 bits per heavy atom. The Morgan fingerprint density at radius 3 is 2.60 bits per heavy atom. The van der Waals surface area contributed by atoms with E-state index in [1.807, 2.05) is 49.7 Å². The first-order valence-corrected chi connectivity index (χ1v) is 7.54. The molecule has 2 rings (SSSR count). The zero-order valence-electron chi connectivity index (χ0n) is 12.0. The van der Waals surface area contributed by atoms with Gasteiger partial charge in [-0.3, -0.25) is 4.79 Å². The van der Waals surface area contributed by atoms with Crippen LogP contribution in [0.2, 0.25) is 0 Å². The molecule has 0 radical (unpaired) electrons. The van der Waals surface area contributed by atoms with Gasteiger partial charge in [-0.05, 0) is 43.0 Å². The lowest BCUT2D eigenvalue weighted by atomic mass is 9.98. The van der Waals surface area contributed by atoms with Crippen LogP contribution in [-0.4, -0.2) is 17.9 Å². The largest absolute Gasteiger partial charge is 0.399 e. The Morgan fingerprint density at radius 1 is 1.25 bits per heavy atom. The second kappa shape index (κ2) is 6.09. The number of carbonyl (C=O) groups is 1. The molecule has 0 bridgehead atoms. The molecule has 0 fully saturated rings. The first kappa shape index (κ1) is 14.6. The van der Waals surface area contributed by atoms with E-state index < -0.39 is 0 Å². The van der Waals surface area contributed by atoms with Crippen LogP contribution in [0.1, 0.15) is 36.2 Å². The highest BCUT2D eigenvalue weighted by Crippen LogP contribution is 2.27. The molecule has 2 N–H and O–H groups in total. The van der Waals surface area contributed by atoms with Gasteiger partial charge in [0.05, 0.1) is 12.0 Å². The van der Waals surface area contributed by atoms with Gasteiger partial charge in [-0.25, -0.2) is 0 Å². The SMILES string of the molecule is CC(C(=O)N(C)C(C)c1cccs1)c1cccc(N)c1. The zero-order chi connectivity index (χ0) is 14.7. The third-order valence-electron chi connectivity index (χ3n) is 3.66. The van der Waals surface area contributed by atoms with E-state index in [4.69, 9.17) is 5.73 Å². The Labute approximate surface area is 124 Å². The van der Waals surface area contributed by atoms with Crippen LogP contribution in [0.5, 0.6) is 0 Å². The molecule has 3 nitrogen and oxygen atoms in total. The van der Waals surface area contributed by atoms with Gasteiger partial charge in [0.15, 0.2) is 0 Å². The normalized spacial score (nSPS) is 13.8. The molecule has 0 aliphatic rings. The molecule has 2 atom stereocenters. The second-order valence-electron chi connectivity index (χ2n) is 5.03. The van der Waals surface area contributed by atoms with Crippen molar-refractivity contribution in [2.75, 3.05) is 12.8 Å². The Hall–Kier alpha value is -1.81. The van der Waals surface area contributed by atoms with E-state index in [1.165, 1.54) is 4.88 Å². The van der Waals surface area contributed by atoms with Crippen molar-refractivity contribution in [2.45, 2.75) is 25.8 Å². The van der Waals surface area contributed by atoms with Crippen LogP contribution in [0.15, 0.2) is 41.8 Å². The highest BCUT2D eigenvalue weighted by molar-refractivity contribution is 7.10. The summed E-state index contributed by atoms with van der Waals surface area (Å²) >= 11 is 1.67. The predicted octanol–water partition coefficient (Wildman–Crippen LogP) is 3.65. The number of rotatable bonds is 4. The van der Waals surface area contributed by atoms with E-state index in [2.05, 4.69) is 13.0 Å². The second-order valence-corrected chi connectivity index (χ2v) is 6.01. The number of benzene rings is 1. The molecule has 1 aromatic heterocycles. The number of thiophene rings is 1. The molecule has 106 valence electrons. The molecule has 1 heterocycles. The summed E-state index contributed by atoms with van der Waals surface area (Å²) in [7, 11) is 1.86. The first-order chi connectivity index (χ1) is 9.50. The smallest absolute Gasteiger partial charge is 0.230 e. The van der Waals surface area contributed by atoms with E-state index in [0.29, 0.717) is 5.69 Å². The molecule has 1 aromatic carbocycles. The molecule has 0 saturated heterocycles. The van der Waals surface area contributed by atoms with Gasteiger partial charge in [0.1, 0.15) is 0 Å². The fourth-order valence-electron chi connectivity index (χ4n) is 2.19. The number of nitrogens with two attached hydrogens (primary N) is 1. The molecule has 0 spiro atoms. The van der Waals surface area contributed by atoms with Gasteiger partial charge in [-0.1, -0.05) is 18.2 Å². The molecule has 0 saturated carbocycles. The average molecular weight is 288 g/mol. The maximum atomic E-state index is 12.6. The van der Waals surface area contributed by atoms with Crippen LogP contribution < -0.4 is 5.73 Å². The van der Waals surface area contributed by atoms with Crippen LogP contribution in [-0.2, 0) is 4.79 Å². The molecular formula is C16H20N2OS. The van der Waals surface area contributed by atoms with E-state index in [-0.39, 0.29) is 17.9 Å². The van der Waals surface area contributed by atoms with E-state index in [0.717, 1.165) is 5.56 Å². The monoisotopic (exact) mass is 288 g/mol. The Bertz CT molecular complexity index is 580. The molecule has 0 aliphatic heterocycles. The van der Waals surface area contributed by atoms with E-state index >= 15 is 0 Å². The van der Waals surface area contributed by atoms with Gasteiger partial charge < -0.3 is 10.6 Å². The van der Waals surface area contributed by atoms with Crippen molar-refractivity contribution in [3.8, 4) is 0 Å². The quantitative estimate of drug-likeness (QED) is 0.873. The third kappa shape index (κ3) is 3.02. The number of amides is 1. The highest BCUT2D eigenvalue weighted by Gasteiger charge is 2.24. The van der Waals surface area contributed by atoms with Gasteiger partial charge in [-0.15, -0.1) is 11.3 Å². The summed E-state index contributed by atoms with van der Waals surface area (Å²) < 4.78 is 0. The summed E-state index contributed by atoms with van der Waals surface area (Å²) in [5.41, 5.74) is 7.44. The fourth-order valence-corrected chi connectivity index (χ4v) is 3.01. The van der Waals surface area contributed by atoms with Gasteiger partial charge in [0.25, 0.3) is 0 Å². The number of carbonyl (C=O) groups excluding carboxylic acids is 1. The topological polar surface area (TPSA) is 46.3 Å². The minimum absolute atomic E-state index is 0.0889. The predicted molar refractivity (Wildman–Crippen MR) is 84.8 cm³/mol. The summed E-state index contributed by atoms with van der Waals surface area (Å²) in [5.74, 6) is -0.0811. The van der Waals surface area contributed by atoms with Gasteiger partial charge in [-0.2, -0.15) is 0 Å². The maximum absolute atomic E-state index is 12.6. The highest BCUT2D eigenvalue weighted by atomic mass is 32.1. The number of nitrogens with zero attached hydrogens (tertiary/aromatic N) is 1. The fraction of sp³-hybridized carbons (Fsp3) is 0.312. The molecule has 2 unspecified atom stereocenters. The number of likely N-dealkylation sites (N-methyl/N-ethyl adjacent to an activating group) is 1. The minimum Gasteiger partial charge on any atom is -0.399 e. The number of nitrogen functional groups attached to an aromatic ring is 1. The van der Waals surface area contributed by atoms with Crippen molar-refractivity contribution >= 4 is 22.9 Å². The van der Waals surface area contributed by atoms with Crippen molar-refractivity contribution in [2.24, 2.45) is 0 Å². The Kier molecular flexibility index (Phi) is 4.45. The van der Waals surface area contributed by atoms with Crippen LogP contribution in [0, 0.1) is 0 Å². The lowest BCUT2D eigenvalue weighted by molar-refractivity contribution is -0.133. The summed E-state index contributed by atoms with van der Waals surface area (Å²) in [6.45, 7) is 3.98. The van der Waals surface area contributed by atoms with Gasteiger partial charge in [0.2, 0.25) is 5.91 Å². The number of anilines is 1. The standard InChI is InChI=1S/C16H20N2OS/c1-11(13-6-4-7-14(17)10-13)16(19)18(3)12(2)15-8-5-9-20-15/h4-12H,17H2,1-3H3. The van der Waals surface area contributed by atoms with Crippen molar-refractivity contribution in [1.29, 1.82) is 0 Å². The maximum Gasteiger partial charge on any atom is 0.230 e. The van der Waals surface area contributed by atoms with Crippen molar-refractivity contribution < 1.29 is 4.79 Å². The van der Waals surface area contributed by atoms with Crippen LogP contribution in [0.25, 0.3) is 0 Å². The van der Waals surface area contributed by atoms with Crippen LogP contribution in [0.3, 0.4) is 0 Å². The summed E-state index contributed by atoms with van der Waals surface area (Å²) in [6.07, 6.45) is 0. The summed E-state index contributed by atoms with van der Waals surface area (Å²) in [6, 6.07) is 11.7. The van der Waals surface area contributed by atoms with Crippen molar-refractivity contribution in [3.05, 3.63) is 52.2 Å². The van der Waals surface area contributed by atoms with E-state index in [9.17, 15) is 4.79 Å². The number of hydrogen-bond acceptors (Lipinski definition) is 3. The first-order valence-electron chi connectivity index (χ1n) is 6.66. The van der Waals surface area contributed by atoms with Crippen molar-refractivity contribution in [1.82, 2.24) is 4.90 Å². The van der Waals surface area contributed by atoms with Crippen LogP contribution >= 0.6 is 11.3 Å². The Balaban J connectivity index is 2.14. The van der Waals surface area contributed by atoms with Crippen molar-refractivity contribution in [3.63, 3.8) is 0 Å². The summed E-state index contributed by atoms with van der Waals surface area (Å²) in [5, 5.41) is 2.03. The average Bonchev–Trinajstić information content (AvgIpc) is 2.98. The molecule has 0 aliphatic carbocycles. The lowest BCUT2D eigenvalue weighted by Crippen LogP contribution is -2.32. The van der Waals surface area contributed by atoms with Gasteiger partial charge >= 0.3 is 0 Å². The molecule has 2 aromatic rings.